The van der Waals surface area contributed by atoms with Gasteiger partial charge in [0.05, 0.1) is 7.11 Å². The van der Waals surface area contributed by atoms with Crippen molar-refractivity contribution in [2.45, 2.75) is 31.6 Å². The number of carbonyl (C=O) groups is 2. The van der Waals surface area contributed by atoms with E-state index in [1.165, 1.54) is 0 Å². The Hall–Kier alpha value is -4.10. The Labute approximate surface area is 236 Å². The Morgan fingerprint density at radius 3 is 2.70 bits per heavy atom. The number of piperidine rings is 1. The molecule has 1 aliphatic carbocycles. The second-order valence-electron chi connectivity index (χ2n) is 10.3. The normalized spacial score (nSPS) is 17.7. The minimum absolute atomic E-state index is 0.0140. The summed E-state index contributed by atoms with van der Waals surface area (Å²) < 4.78 is 11.1. The van der Waals surface area contributed by atoms with E-state index in [1.807, 2.05) is 60.9 Å². The van der Waals surface area contributed by atoms with E-state index in [9.17, 15) is 9.59 Å². The number of hydrogen-bond donors (Lipinski definition) is 1. The molecule has 2 aliphatic heterocycles. The molecule has 5 rings (SSSR count). The van der Waals surface area contributed by atoms with E-state index in [0.29, 0.717) is 18.9 Å². The Kier molecular flexibility index (Phi) is 9.14. The molecule has 208 valence electrons. The Balaban J connectivity index is 1.11. The summed E-state index contributed by atoms with van der Waals surface area (Å²) >= 11 is 0. The van der Waals surface area contributed by atoms with Gasteiger partial charge in [0, 0.05) is 49.6 Å². The predicted octanol–water partition coefficient (Wildman–Crippen LogP) is 4.95. The van der Waals surface area contributed by atoms with Gasteiger partial charge in [-0.05, 0) is 67.6 Å². The lowest BCUT2D eigenvalue weighted by Gasteiger charge is -2.34. The van der Waals surface area contributed by atoms with Crippen molar-refractivity contribution in [3.05, 3.63) is 113 Å². The average molecular weight is 540 g/mol. The number of ketones is 1. The van der Waals surface area contributed by atoms with Crippen LogP contribution >= 0.6 is 0 Å². The van der Waals surface area contributed by atoms with Crippen molar-refractivity contribution in [1.82, 2.24) is 15.1 Å². The van der Waals surface area contributed by atoms with Crippen LogP contribution in [0.2, 0.25) is 0 Å². The standard InChI is InChI=1S/C33H37N3O4/c1-39-31-12-5-2-7-26(31)13-16-34-33(38)30-11-4-3-10-29(30)25-14-17-35(18-15-25)19-20-36-21-22-40-32(24-36)27-8-6-9-28(37)23-27/h2-12,21-22,24-25H,13-20,23H2,1H3,(H,34,38). The molecule has 2 aromatic carbocycles. The maximum atomic E-state index is 13.1. The van der Waals surface area contributed by atoms with E-state index in [1.54, 1.807) is 25.5 Å². The first-order valence-electron chi connectivity index (χ1n) is 14.0. The predicted molar refractivity (Wildman–Crippen MR) is 156 cm³/mol. The Bertz CT molecular complexity index is 1330. The van der Waals surface area contributed by atoms with Gasteiger partial charge < -0.3 is 24.6 Å². The summed E-state index contributed by atoms with van der Waals surface area (Å²) in [5.74, 6) is 2.03. The van der Waals surface area contributed by atoms with Crippen LogP contribution in [-0.4, -0.2) is 61.3 Å². The van der Waals surface area contributed by atoms with Crippen molar-refractivity contribution in [1.29, 1.82) is 0 Å². The van der Waals surface area contributed by atoms with E-state index in [-0.39, 0.29) is 11.7 Å². The van der Waals surface area contributed by atoms with Crippen LogP contribution in [0.4, 0.5) is 0 Å². The lowest BCUT2D eigenvalue weighted by atomic mass is 9.86. The van der Waals surface area contributed by atoms with Gasteiger partial charge in [0.1, 0.15) is 17.8 Å². The molecule has 1 fully saturated rings. The molecular formula is C33H37N3O4. The van der Waals surface area contributed by atoms with E-state index in [2.05, 4.69) is 21.2 Å². The summed E-state index contributed by atoms with van der Waals surface area (Å²) in [5.41, 5.74) is 3.92. The maximum Gasteiger partial charge on any atom is 0.251 e. The second kappa shape index (κ2) is 13.3. The van der Waals surface area contributed by atoms with Crippen LogP contribution in [0.15, 0.2) is 96.8 Å². The van der Waals surface area contributed by atoms with Crippen molar-refractivity contribution in [3.63, 3.8) is 0 Å². The van der Waals surface area contributed by atoms with Gasteiger partial charge in [0.25, 0.3) is 5.91 Å². The molecule has 0 spiro atoms. The number of nitrogens with zero attached hydrogens (tertiary/aromatic N) is 2. The molecule has 0 atom stereocenters. The number of rotatable bonds is 10. The fourth-order valence-electron chi connectivity index (χ4n) is 5.55. The largest absolute Gasteiger partial charge is 0.496 e. The van der Waals surface area contributed by atoms with Gasteiger partial charge in [-0.15, -0.1) is 0 Å². The van der Waals surface area contributed by atoms with E-state index in [0.717, 1.165) is 79.2 Å². The van der Waals surface area contributed by atoms with Crippen molar-refractivity contribution in [2.24, 2.45) is 0 Å². The van der Waals surface area contributed by atoms with Gasteiger partial charge in [-0.3, -0.25) is 9.59 Å². The highest BCUT2D eigenvalue weighted by molar-refractivity contribution is 5.96. The zero-order valence-corrected chi connectivity index (χ0v) is 23.1. The Morgan fingerprint density at radius 2 is 1.88 bits per heavy atom. The number of para-hydroxylation sites is 1. The fraction of sp³-hybridized carbons (Fsp3) is 0.333. The smallest absolute Gasteiger partial charge is 0.251 e. The zero-order chi connectivity index (χ0) is 27.7. The second-order valence-corrected chi connectivity index (χ2v) is 10.3. The topological polar surface area (TPSA) is 71.1 Å². The van der Waals surface area contributed by atoms with Crippen LogP contribution in [-0.2, 0) is 16.0 Å². The molecule has 1 N–H and O–H groups in total. The number of benzene rings is 2. The van der Waals surface area contributed by atoms with Gasteiger partial charge in [0.15, 0.2) is 5.78 Å². The Morgan fingerprint density at radius 1 is 1.07 bits per heavy atom. The van der Waals surface area contributed by atoms with Crippen molar-refractivity contribution < 1.29 is 19.1 Å². The number of allylic oxidation sites excluding steroid dienone is 4. The third-order valence-corrected chi connectivity index (χ3v) is 7.77. The van der Waals surface area contributed by atoms with Crippen LogP contribution in [0, 0.1) is 0 Å². The van der Waals surface area contributed by atoms with Gasteiger partial charge in [-0.2, -0.15) is 0 Å². The molecule has 0 bridgehead atoms. The van der Waals surface area contributed by atoms with E-state index >= 15 is 0 Å². The third kappa shape index (κ3) is 6.90. The molecule has 0 unspecified atom stereocenters. The van der Waals surface area contributed by atoms with Crippen molar-refractivity contribution in [3.8, 4) is 5.75 Å². The first kappa shape index (κ1) is 27.5. The third-order valence-electron chi connectivity index (χ3n) is 7.77. The molecule has 2 heterocycles. The quantitative estimate of drug-likeness (QED) is 0.461. The average Bonchev–Trinajstić information content (AvgIpc) is 3.00. The minimum Gasteiger partial charge on any atom is -0.496 e. The lowest BCUT2D eigenvalue weighted by Crippen LogP contribution is -2.38. The van der Waals surface area contributed by atoms with Crippen LogP contribution < -0.4 is 10.1 Å². The molecule has 1 saturated heterocycles. The number of hydrogen-bond acceptors (Lipinski definition) is 6. The number of carbonyl (C=O) groups excluding carboxylic acids is 2. The summed E-state index contributed by atoms with van der Waals surface area (Å²) in [7, 11) is 1.67. The SMILES string of the molecule is COc1ccccc1CCNC(=O)c1ccccc1C1CCN(CCN2C=COC(C3=CC=CC(=O)C3)=C2)CC1. The van der Waals surface area contributed by atoms with Gasteiger partial charge in [-0.25, -0.2) is 0 Å². The molecule has 7 heteroatoms. The summed E-state index contributed by atoms with van der Waals surface area (Å²) in [6, 6.07) is 16.0. The molecule has 40 heavy (non-hydrogen) atoms. The van der Waals surface area contributed by atoms with Gasteiger partial charge in [0.2, 0.25) is 0 Å². The zero-order valence-electron chi connectivity index (χ0n) is 23.1. The molecule has 1 amide bonds. The molecule has 0 radical (unpaired) electrons. The van der Waals surface area contributed by atoms with Crippen LogP contribution in [0.3, 0.4) is 0 Å². The first-order chi connectivity index (χ1) is 19.6. The highest BCUT2D eigenvalue weighted by atomic mass is 16.5. The molecule has 0 aromatic heterocycles. The number of likely N-dealkylation sites (tertiary alicyclic amines) is 1. The van der Waals surface area contributed by atoms with E-state index in [4.69, 9.17) is 9.47 Å². The van der Waals surface area contributed by atoms with Crippen LogP contribution in [0.1, 0.15) is 46.7 Å². The monoisotopic (exact) mass is 539 g/mol. The summed E-state index contributed by atoms with van der Waals surface area (Å²) in [6.45, 7) is 4.31. The van der Waals surface area contributed by atoms with Gasteiger partial charge in [-0.1, -0.05) is 48.6 Å². The molecular weight excluding hydrogens is 502 g/mol. The lowest BCUT2D eigenvalue weighted by molar-refractivity contribution is -0.114. The molecule has 7 nitrogen and oxygen atoms in total. The number of ether oxygens (including phenoxy) is 2. The summed E-state index contributed by atoms with van der Waals surface area (Å²) in [4.78, 5) is 29.5. The van der Waals surface area contributed by atoms with E-state index < -0.39 is 0 Å². The summed E-state index contributed by atoms with van der Waals surface area (Å²) in [6.07, 6.45) is 14.0. The molecule has 2 aromatic rings. The highest BCUT2D eigenvalue weighted by Crippen LogP contribution is 2.31. The molecule has 3 aliphatic rings. The maximum absolute atomic E-state index is 13.1. The highest BCUT2D eigenvalue weighted by Gasteiger charge is 2.25. The molecule has 0 saturated carbocycles. The van der Waals surface area contributed by atoms with Gasteiger partial charge >= 0.3 is 0 Å². The van der Waals surface area contributed by atoms with Crippen LogP contribution in [0.25, 0.3) is 0 Å². The number of nitrogens with one attached hydrogen (secondary N) is 1. The number of amides is 1. The van der Waals surface area contributed by atoms with Crippen molar-refractivity contribution in [2.75, 3.05) is 39.8 Å². The fourth-order valence-corrected chi connectivity index (χ4v) is 5.55. The summed E-state index contributed by atoms with van der Waals surface area (Å²) in [5, 5.41) is 3.11. The van der Waals surface area contributed by atoms with Crippen LogP contribution in [0.5, 0.6) is 5.75 Å². The minimum atomic E-state index is -0.0140. The van der Waals surface area contributed by atoms with Crippen molar-refractivity contribution >= 4 is 11.7 Å². The number of methoxy groups -OCH3 is 1. The first-order valence-corrected chi connectivity index (χ1v) is 14.0.